The number of benzene rings is 1. The average molecular weight is 230 g/mol. The van der Waals surface area contributed by atoms with Crippen molar-refractivity contribution in [2.45, 2.75) is 25.9 Å². The number of carboxylic acid groups (broad SMARTS) is 1. The molecule has 0 aliphatic rings. The molecular weight excluding hydrogens is 218 g/mol. The van der Waals surface area contributed by atoms with Crippen LogP contribution in [0.25, 0.3) is 0 Å². The molecule has 5 heteroatoms. The molecule has 0 heterocycles. The van der Waals surface area contributed by atoms with Gasteiger partial charge >= 0.3 is 5.97 Å². The number of aliphatic hydroxyl groups is 1. The first kappa shape index (κ1) is 12.6. The van der Waals surface area contributed by atoms with Gasteiger partial charge in [-0.15, -0.1) is 0 Å². The van der Waals surface area contributed by atoms with Crippen LogP contribution < -0.4 is 0 Å². The van der Waals surface area contributed by atoms with Gasteiger partial charge in [-0.2, -0.15) is 0 Å². The Bertz CT molecular complexity index is 404. The van der Waals surface area contributed by atoms with Crippen molar-refractivity contribution in [1.82, 2.24) is 0 Å². The van der Waals surface area contributed by atoms with Gasteiger partial charge < -0.3 is 10.2 Å². The van der Waals surface area contributed by atoms with Crippen molar-refractivity contribution in [3.05, 3.63) is 34.9 Å². The molecule has 2 N–H and O–H groups in total. The van der Waals surface area contributed by atoms with Gasteiger partial charge in [-0.3, -0.25) is 4.79 Å². The fourth-order valence-corrected chi connectivity index (χ4v) is 1.35. The van der Waals surface area contributed by atoms with E-state index in [4.69, 9.17) is 5.11 Å². The van der Waals surface area contributed by atoms with Gasteiger partial charge in [0, 0.05) is 18.1 Å². The first-order chi connectivity index (χ1) is 7.41. The molecule has 0 aromatic heterocycles. The highest BCUT2D eigenvalue weighted by Gasteiger charge is 2.16. The van der Waals surface area contributed by atoms with E-state index >= 15 is 0 Å². The molecule has 0 bridgehead atoms. The van der Waals surface area contributed by atoms with Crippen LogP contribution in [0, 0.1) is 18.6 Å². The number of hydrogen-bond donors (Lipinski definition) is 2. The molecule has 0 aliphatic carbocycles. The first-order valence-electron chi connectivity index (χ1n) is 4.77. The lowest BCUT2D eigenvalue weighted by Gasteiger charge is -2.11. The molecule has 1 aromatic carbocycles. The van der Waals surface area contributed by atoms with Crippen LogP contribution >= 0.6 is 0 Å². The second-order valence-electron chi connectivity index (χ2n) is 3.57. The van der Waals surface area contributed by atoms with E-state index in [9.17, 15) is 18.7 Å². The Morgan fingerprint density at radius 1 is 1.38 bits per heavy atom. The quantitative estimate of drug-likeness (QED) is 0.833. The summed E-state index contributed by atoms with van der Waals surface area (Å²) in [6.45, 7) is 1.45. The standard InChI is InChI=1S/C11H12F2O3/c1-6-4-7(9(13)5-8(6)12)10(14)2-3-11(15)16/h4-5,10,14H,2-3H2,1H3,(H,15,16). The third kappa shape index (κ3) is 3.00. The molecule has 1 atom stereocenters. The lowest BCUT2D eigenvalue weighted by molar-refractivity contribution is -0.137. The molecule has 0 amide bonds. The van der Waals surface area contributed by atoms with Gasteiger partial charge in [-0.25, -0.2) is 8.78 Å². The molecule has 0 fully saturated rings. The number of carbonyl (C=O) groups is 1. The Balaban J connectivity index is 2.86. The lowest BCUT2D eigenvalue weighted by atomic mass is 10.0. The maximum absolute atomic E-state index is 13.3. The Hall–Kier alpha value is -1.49. The maximum atomic E-state index is 13.3. The van der Waals surface area contributed by atoms with Crippen LogP contribution in [0.4, 0.5) is 8.78 Å². The van der Waals surface area contributed by atoms with E-state index in [0.29, 0.717) is 6.07 Å². The Kier molecular flexibility index (Phi) is 3.95. The molecular formula is C11H12F2O3. The van der Waals surface area contributed by atoms with E-state index in [1.807, 2.05) is 0 Å². The molecule has 3 nitrogen and oxygen atoms in total. The van der Waals surface area contributed by atoms with Gasteiger partial charge in [0.2, 0.25) is 0 Å². The fraction of sp³-hybridized carbons (Fsp3) is 0.364. The smallest absolute Gasteiger partial charge is 0.303 e. The van der Waals surface area contributed by atoms with Gasteiger partial charge in [0.15, 0.2) is 0 Å². The van der Waals surface area contributed by atoms with Crippen LogP contribution in [0.1, 0.15) is 30.1 Å². The van der Waals surface area contributed by atoms with E-state index < -0.39 is 23.7 Å². The van der Waals surface area contributed by atoms with Gasteiger partial charge in [-0.05, 0) is 25.0 Å². The molecule has 1 unspecified atom stereocenters. The minimum Gasteiger partial charge on any atom is -0.481 e. The largest absolute Gasteiger partial charge is 0.481 e. The topological polar surface area (TPSA) is 57.5 Å². The zero-order chi connectivity index (χ0) is 12.3. The molecule has 0 saturated heterocycles. The molecule has 16 heavy (non-hydrogen) atoms. The predicted molar refractivity (Wildman–Crippen MR) is 52.9 cm³/mol. The van der Waals surface area contributed by atoms with Crippen molar-refractivity contribution >= 4 is 5.97 Å². The number of rotatable bonds is 4. The van der Waals surface area contributed by atoms with E-state index in [1.54, 1.807) is 0 Å². The minimum absolute atomic E-state index is 0.0693. The second-order valence-corrected chi connectivity index (χ2v) is 3.57. The summed E-state index contributed by atoms with van der Waals surface area (Å²) in [6.07, 6.45) is -1.59. The van der Waals surface area contributed by atoms with Gasteiger partial charge in [-0.1, -0.05) is 0 Å². The van der Waals surface area contributed by atoms with Gasteiger partial charge in [0.25, 0.3) is 0 Å². The Morgan fingerprint density at radius 2 is 2.00 bits per heavy atom. The van der Waals surface area contributed by atoms with Crippen LogP contribution in [0.5, 0.6) is 0 Å². The summed E-state index contributed by atoms with van der Waals surface area (Å²) >= 11 is 0. The summed E-state index contributed by atoms with van der Waals surface area (Å²) < 4.78 is 26.2. The summed E-state index contributed by atoms with van der Waals surface area (Å²) in [5.74, 6) is -2.62. The number of aryl methyl sites for hydroxylation is 1. The number of aliphatic carboxylic acids is 1. The predicted octanol–water partition coefficient (Wildman–Crippen LogP) is 2.17. The normalized spacial score (nSPS) is 12.5. The number of aliphatic hydroxyl groups excluding tert-OH is 1. The van der Waals surface area contributed by atoms with Crippen molar-refractivity contribution in [2.24, 2.45) is 0 Å². The number of hydrogen-bond acceptors (Lipinski definition) is 2. The maximum Gasteiger partial charge on any atom is 0.303 e. The van der Waals surface area contributed by atoms with Crippen LogP contribution in [-0.2, 0) is 4.79 Å². The zero-order valence-electron chi connectivity index (χ0n) is 8.70. The van der Waals surface area contributed by atoms with E-state index in [2.05, 4.69) is 0 Å². The summed E-state index contributed by atoms with van der Waals surface area (Å²) in [7, 11) is 0. The molecule has 88 valence electrons. The van der Waals surface area contributed by atoms with Crippen molar-refractivity contribution in [3.8, 4) is 0 Å². The van der Waals surface area contributed by atoms with E-state index in [-0.39, 0.29) is 24.0 Å². The van der Waals surface area contributed by atoms with Crippen LogP contribution in [0.3, 0.4) is 0 Å². The number of carboxylic acids is 1. The van der Waals surface area contributed by atoms with E-state index in [0.717, 1.165) is 0 Å². The van der Waals surface area contributed by atoms with Crippen molar-refractivity contribution < 1.29 is 23.8 Å². The summed E-state index contributed by atoms with van der Waals surface area (Å²) in [5.41, 5.74) is 0.144. The Labute approximate surface area is 91.3 Å². The van der Waals surface area contributed by atoms with Crippen molar-refractivity contribution in [2.75, 3.05) is 0 Å². The molecule has 1 aromatic rings. The average Bonchev–Trinajstić information content (AvgIpc) is 2.20. The van der Waals surface area contributed by atoms with Crippen LogP contribution in [0.15, 0.2) is 12.1 Å². The third-order valence-corrected chi connectivity index (χ3v) is 2.27. The molecule has 0 saturated carbocycles. The lowest BCUT2D eigenvalue weighted by Crippen LogP contribution is -2.05. The molecule has 0 radical (unpaired) electrons. The zero-order valence-corrected chi connectivity index (χ0v) is 8.70. The highest BCUT2D eigenvalue weighted by Crippen LogP contribution is 2.24. The second kappa shape index (κ2) is 5.03. The molecule has 1 rings (SSSR count). The third-order valence-electron chi connectivity index (χ3n) is 2.27. The summed E-state index contributed by atoms with van der Waals surface area (Å²) in [5, 5.41) is 18.0. The van der Waals surface area contributed by atoms with Gasteiger partial charge in [0.1, 0.15) is 11.6 Å². The monoisotopic (exact) mass is 230 g/mol. The fourth-order valence-electron chi connectivity index (χ4n) is 1.35. The van der Waals surface area contributed by atoms with Gasteiger partial charge in [0.05, 0.1) is 6.10 Å². The highest BCUT2D eigenvalue weighted by atomic mass is 19.1. The van der Waals surface area contributed by atoms with Crippen LogP contribution in [-0.4, -0.2) is 16.2 Å². The van der Waals surface area contributed by atoms with E-state index in [1.165, 1.54) is 13.0 Å². The van der Waals surface area contributed by atoms with Crippen molar-refractivity contribution in [3.63, 3.8) is 0 Å². The SMILES string of the molecule is Cc1cc(C(O)CCC(=O)O)c(F)cc1F. The highest BCUT2D eigenvalue weighted by molar-refractivity contribution is 5.66. The summed E-state index contributed by atoms with van der Waals surface area (Å²) in [6, 6.07) is 1.88. The summed E-state index contributed by atoms with van der Waals surface area (Å²) in [4.78, 5) is 10.3. The first-order valence-corrected chi connectivity index (χ1v) is 4.77. The number of halogens is 2. The van der Waals surface area contributed by atoms with Crippen LogP contribution in [0.2, 0.25) is 0 Å². The van der Waals surface area contributed by atoms with Crippen molar-refractivity contribution in [1.29, 1.82) is 0 Å². The molecule has 0 aliphatic heterocycles. The minimum atomic E-state index is -1.23. The molecule has 0 spiro atoms. The Morgan fingerprint density at radius 3 is 2.56 bits per heavy atom.